The monoisotopic (exact) mass is 369 g/mol. The van der Waals surface area contributed by atoms with E-state index in [9.17, 15) is 9.18 Å². The SMILES string of the molecule is O=C(c1ccc(Br)c(F)c1)N1CCN(c2nccs2)CC1. The highest BCUT2D eigenvalue weighted by atomic mass is 79.9. The van der Waals surface area contributed by atoms with Gasteiger partial charge in [-0.25, -0.2) is 9.37 Å². The van der Waals surface area contributed by atoms with E-state index < -0.39 is 5.82 Å². The highest BCUT2D eigenvalue weighted by Crippen LogP contribution is 2.21. The van der Waals surface area contributed by atoms with E-state index in [2.05, 4.69) is 25.8 Å². The van der Waals surface area contributed by atoms with Gasteiger partial charge in [0.1, 0.15) is 5.82 Å². The van der Waals surface area contributed by atoms with E-state index in [4.69, 9.17) is 0 Å². The van der Waals surface area contributed by atoms with Crippen molar-refractivity contribution in [2.75, 3.05) is 31.1 Å². The number of benzene rings is 1. The van der Waals surface area contributed by atoms with Gasteiger partial charge in [0.15, 0.2) is 5.13 Å². The molecule has 1 fully saturated rings. The first kappa shape index (κ1) is 14.5. The molecule has 2 heterocycles. The van der Waals surface area contributed by atoms with Crippen molar-refractivity contribution in [3.05, 3.63) is 45.6 Å². The number of thiazole rings is 1. The summed E-state index contributed by atoms with van der Waals surface area (Å²) in [5.74, 6) is -0.539. The number of hydrogen-bond acceptors (Lipinski definition) is 4. The third-order valence-electron chi connectivity index (χ3n) is 3.42. The smallest absolute Gasteiger partial charge is 0.254 e. The van der Waals surface area contributed by atoms with Crippen LogP contribution in [0.4, 0.5) is 9.52 Å². The first-order valence-corrected chi connectivity index (χ1v) is 8.21. The summed E-state index contributed by atoms with van der Waals surface area (Å²) in [4.78, 5) is 20.6. The molecular weight excluding hydrogens is 357 g/mol. The number of halogens is 2. The number of carbonyl (C=O) groups is 1. The number of piperazine rings is 1. The van der Waals surface area contributed by atoms with Gasteiger partial charge >= 0.3 is 0 Å². The quantitative estimate of drug-likeness (QED) is 0.816. The van der Waals surface area contributed by atoms with Crippen LogP contribution >= 0.6 is 27.3 Å². The molecule has 4 nitrogen and oxygen atoms in total. The molecule has 0 unspecified atom stereocenters. The van der Waals surface area contributed by atoms with Crippen LogP contribution in [0, 0.1) is 5.82 Å². The Balaban J connectivity index is 1.66. The molecule has 2 aromatic rings. The van der Waals surface area contributed by atoms with Crippen LogP contribution < -0.4 is 4.90 Å². The molecule has 3 rings (SSSR count). The Kier molecular flexibility index (Phi) is 4.21. The predicted octanol–water partition coefficient (Wildman–Crippen LogP) is 3.01. The molecule has 1 amide bonds. The molecule has 0 bridgehead atoms. The Morgan fingerprint density at radius 1 is 1.29 bits per heavy atom. The molecular formula is C14H13BrFN3OS. The van der Waals surface area contributed by atoms with Crippen molar-refractivity contribution in [2.24, 2.45) is 0 Å². The Labute approximate surface area is 134 Å². The molecule has 21 heavy (non-hydrogen) atoms. The zero-order chi connectivity index (χ0) is 14.8. The second-order valence-corrected chi connectivity index (χ2v) is 6.45. The van der Waals surface area contributed by atoms with Crippen molar-refractivity contribution in [1.82, 2.24) is 9.88 Å². The van der Waals surface area contributed by atoms with Crippen LogP contribution in [-0.4, -0.2) is 42.0 Å². The fourth-order valence-corrected chi connectivity index (χ4v) is 3.23. The molecule has 1 aromatic carbocycles. The van der Waals surface area contributed by atoms with E-state index in [0.717, 1.165) is 18.2 Å². The largest absolute Gasteiger partial charge is 0.345 e. The van der Waals surface area contributed by atoms with Gasteiger partial charge in [-0.2, -0.15) is 0 Å². The third kappa shape index (κ3) is 3.08. The minimum Gasteiger partial charge on any atom is -0.345 e. The highest BCUT2D eigenvalue weighted by molar-refractivity contribution is 9.10. The topological polar surface area (TPSA) is 36.4 Å². The van der Waals surface area contributed by atoms with E-state index >= 15 is 0 Å². The molecule has 0 N–H and O–H groups in total. The number of rotatable bonds is 2. The molecule has 0 atom stereocenters. The van der Waals surface area contributed by atoms with Gasteiger partial charge in [0.2, 0.25) is 0 Å². The van der Waals surface area contributed by atoms with Crippen LogP contribution in [0.1, 0.15) is 10.4 Å². The van der Waals surface area contributed by atoms with E-state index in [0.29, 0.717) is 23.1 Å². The van der Waals surface area contributed by atoms with Crippen molar-refractivity contribution in [3.8, 4) is 0 Å². The predicted molar refractivity (Wildman–Crippen MR) is 84.3 cm³/mol. The van der Waals surface area contributed by atoms with Crippen molar-refractivity contribution < 1.29 is 9.18 Å². The van der Waals surface area contributed by atoms with E-state index in [1.165, 1.54) is 6.07 Å². The lowest BCUT2D eigenvalue weighted by Crippen LogP contribution is -2.48. The first-order chi connectivity index (χ1) is 10.1. The van der Waals surface area contributed by atoms with Gasteiger partial charge in [0.25, 0.3) is 5.91 Å². The Hall–Kier alpha value is -1.47. The molecule has 1 saturated heterocycles. The maximum atomic E-state index is 13.5. The fourth-order valence-electron chi connectivity index (χ4n) is 2.28. The molecule has 0 spiro atoms. The van der Waals surface area contributed by atoms with E-state index in [-0.39, 0.29) is 5.91 Å². The van der Waals surface area contributed by atoms with Gasteiger partial charge in [0.05, 0.1) is 4.47 Å². The van der Waals surface area contributed by atoms with Crippen LogP contribution in [0.25, 0.3) is 0 Å². The molecule has 0 aliphatic carbocycles. The summed E-state index contributed by atoms with van der Waals surface area (Å²) in [6.07, 6.45) is 1.78. The summed E-state index contributed by atoms with van der Waals surface area (Å²) < 4.78 is 13.9. The Morgan fingerprint density at radius 2 is 2.05 bits per heavy atom. The Morgan fingerprint density at radius 3 is 2.67 bits per heavy atom. The zero-order valence-electron chi connectivity index (χ0n) is 11.1. The molecule has 110 valence electrons. The highest BCUT2D eigenvalue weighted by Gasteiger charge is 2.23. The van der Waals surface area contributed by atoms with Gasteiger partial charge in [-0.05, 0) is 34.1 Å². The maximum absolute atomic E-state index is 13.5. The van der Waals surface area contributed by atoms with Crippen molar-refractivity contribution in [1.29, 1.82) is 0 Å². The summed E-state index contributed by atoms with van der Waals surface area (Å²) in [7, 11) is 0. The van der Waals surface area contributed by atoms with E-state index in [1.54, 1.807) is 34.6 Å². The normalized spacial score (nSPS) is 15.3. The number of carbonyl (C=O) groups excluding carboxylic acids is 1. The van der Waals surface area contributed by atoms with Crippen LogP contribution in [0.15, 0.2) is 34.2 Å². The molecule has 0 saturated carbocycles. The average molecular weight is 370 g/mol. The second kappa shape index (κ2) is 6.11. The second-order valence-electron chi connectivity index (χ2n) is 4.72. The van der Waals surface area contributed by atoms with Crippen LogP contribution in [0.5, 0.6) is 0 Å². The van der Waals surface area contributed by atoms with Gasteiger partial charge in [-0.15, -0.1) is 11.3 Å². The first-order valence-electron chi connectivity index (χ1n) is 6.54. The van der Waals surface area contributed by atoms with Gasteiger partial charge < -0.3 is 9.80 Å². The molecule has 1 aliphatic heterocycles. The lowest BCUT2D eigenvalue weighted by atomic mass is 10.2. The van der Waals surface area contributed by atoms with Crippen LogP contribution in [-0.2, 0) is 0 Å². The lowest BCUT2D eigenvalue weighted by molar-refractivity contribution is 0.0746. The van der Waals surface area contributed by atoms with Crippen LogP contribution in [0.2, 0.25) is 0 Å². The lowest BCUT2D eigenvalue weighted by Gasteiger charge is -2.34. The summed E-state index contributed by atoms with van der Waals surface area (Å²) in [6, 6.07) is 4.48. The standard InChI is InChI=1S/C14H13BrFN3OS/c15-11-2-1-10(9-12(11)16)13(20)18-4-6-19(7-5-18)14-17-3-8-21-14/h1-3,8-9H,4-7H2. The fraction of sp³-hybridized carbons (Fsp3) is 0.286. The van der Waals surface area contributed by atoms with Crippen molar-refractivity contribution in [3.63, 3.8) is 0 Å². The van der Waals surface area contributed by atoms with Crippen molar-refractivity contribution in [2.45, 2.75) is 0 Å². The van der Waals surface area contributed by atoms with Crippen molar-refractivity contribution >= 4 is 38.3 Å². The van der Waals surface area contributed by atoms with Gasteiger partial charge in [-0.3, -0.25) is 4.79 Å². The summed E-state index contributed by atoms with van der Waals surface area (Å²) in [5.41, 5.74) is 0.387. The molecule has 1 aliphatic rings. The molecule has 7 heteroatoms. The number of amides is 1. The van der Waals surface area contributed by atoms with E-state index in [1.807, 2.05) is 5.38 Å². The average Bonchev–Trinajstić information content (AvgIpc) is 3.04. The molecule has 0 radical (unpaired) electrons. The zero-order valence-corrected chi connectivity index (χ0v) is 13.5. The number of hydrogen-bond donors (Lipinski definition) is 0. The minimum atomic E-state index is -0.415. The number of nitrogens with zero attached hydrogens (tertiary/aromatic N) is 3. The van der Waals surface area contributed by atoms with Crippen LogP contribution in [0.3, 0.4) is 0 Å². The molecule has 1 aromatic heterocycles. The van der Waals surface area contributed by atoms with Gasteiger partial charge in [0, 0.05) is 43.3 Å². The van der Waals surface area contributed by atoms with Gasteiger partial charge in [-0.1, -0.05) is 0 Å². The maximum Gasteiger partial charge on any atom is 0.254 e. The number of aromatic nitrogens is 1. The summed E-state index contributed by atoms with van der Waals surface area (Å²) in [6.45, 7) is 2.74. The number of anilines is 1. The minimum absolute atomic E-state index is 0.125. The third-order valence-corrected chi connectivity index (χ3v) is 4.90. The Bertz CT molecular complexity index is 642. The summed E-state index contributed by atoms with van der Waals surface area (Å²) in [5, 5.41) is 2.93. The summed E-state index contributed by atoms with van der Waals surface area (Å²) >= 11 is 4.69.